The highest BCUT2D eigenvalue weighted by atomic mass is 79.9. The van der Waals surface area contributed by atoms with Crippen LogP contribution < -0.4 is 10.1 Å². The number of rotatable bonds is 0. The number of fused-ring (bicyclic) bond motifs is 3. The third kappa shape index (κ3) is 3.23. The van der Waals surface area contributed by atoms with Gasteiger partial charge in [-0.15, -0.1) is 0 Å². The average Bonchev–Trinajstić information content (AvgIpc) is 2.68. The quantitative estimate of drug-likeness (QED) is 0.585. The monoisotopic (exact) mass is 499 g/mol. The number of amides is 1. The van der Waals surface area contributed by atoms with Crippen LogP contribution in [0, 0.1) is 0 Å². The van der Waals surface area contributed by atoms with Crippen molar-refractivity contribution in [3.63, 3.8) is 0 Å². The Kier molecular flexibility index (Phi) is 4.97. The normalized spacial score (nSPS) is 28.7. The molecule has 0 bridgehead atoms. The van der Waals surface area contributed by atoms with Gasteiger partial charge in [0.25, 0.3) is 0 Å². The molecule has 2 aliphatic heterocycles. The zero-order valence-corrected chi connectivity index (χ0v) is 19.9. The molecule has 3 aliphatic rings. The van der Waals surface area contributed by atoms with Crippen LogP contribution in [-0.2, 0) is 20.1 Å². The molecule has 3 heterocycles. The van der Waals surface area contributed by atoms with Crippen LogP contribution in [0.1, 0.15) is 58.9 Å². The minimum Gasteiger partial charge on any atom is -0.477 e. The van der Waals surface area contributed by atoms with E-state index in [1.165, 1.54) is 0 Å². The van der Waals surface area contributed by atoms with Gasteiger partial charge in [0.2, 0.25) is 5.88 Å². The molecule has 1 amide bonds. The highest BCUT2D eigenvalue weighted by molar-refractivity contribution is 9.10. The van der Waals surface area contributed by atoms with Crippen LogP contribution in [0.3, 0.4) is 0 Å². The first-order valence-corrected chi connectivity index (χ1v) is 12.4. The summed E-state index contributed by atoms with van der Waals surface area (Å²) < 4.78 is 38.5. The first-order chi connectivity index (χ1) is 13.9. The molecule has 0 unspecified atom stereocenters. The second kappa shape index (κ2) is 6.91. The number of pyridine rings is 1. The van der Waals surface area contributed by atoms with Crippen molar-refractivity contribution in [3.8, 4) is 5.88 Å². The third-order valence-corrected chi connectivity index (χ3v) is 9.65. The van der Waals surface area contributed by atoms with Crippen molar-refractivity contribution >= 4 is 37.7 Å². The Morgan fingerprint density at radius 1 is 1.37 bits per heavy atom. The molecular formula is C20H26BrN3O5S. The van der Waals surface area contributed by atoms with Crippen LogP contribution in [0.2, 0.25) is 0 Å². The van der Waals surface area contributed by atoms with Crippen molar-refractivity contribution in [2.45, 2.75) is 74.5 Å². The molecule has 0 saturated heterocycles. The minimum absolute atomic E-state index is 0.162. The first-order valence-electron chi connectivity index (χ1n) is 10.0. The summed E-state index contributed by atoms with van der Waals surface area (Å²) in [5, 5.41) is 1.91. The number of hydrogen-bond acceptors (Lipinski definition) is 7. The fourth-order valence-electron chi connectivity index (χ4n) is 4.51. The van der Waals surface area contributed by atoms with Crippen molar-refractivity contribution in [1.29, 1.82) is 0 Å². The predicted molar refractivity (Wildman–Crippen MR) is 115 cm³/mol. The number of ether oxygens (including phenoxy) is 2. The van der Waals surface area contributed by atoms with E-state index in [9.17, 15) is 13.2 Å². The van der Waals surface area contributed by atoms with E-state index in [1.54, 1.807) is 40.0 Å². The largest absolute Gasteiger partial charge is 0.477 e. The Hall–Kier alpha value is -1.68. The molecule has 1 saturated carbocycles. The number of nitrogens with one attached hydrogen (secondary N) is 1. The molecule has 1 aromatic heterocycles. The molecule has 2 atom stereocenters. The van der Waals surface area contributed by atoms with E-state index >= 15 is 0 Å². The number of alkyl carbamates (subject to hydrolysis) is 1. The molecule has 0 aromatic carbocycles. The van der Waals surface area contributed by atoms with E-state index in [1.807, 2.05) is 0 Å². The van der Waals surface area contributed by atoms with Gasteiger partial charge in [-0.3, -0.25) is 10.3 Å². The lowest BCUT2D eigenvalue weighted by atomic mass is 9.81. The van der Waals surface area contributed by atoms with Crippen molar-refractivity contribution in [2.75, 3.05) is 6.61 Å². The van der Waals surface area contributed by atoms with Gasteiger partial charge in [-0.05, 0) is 69.0 Å². The van der Waals surface area contributed by atoms with Crippen LogP contribution in [0.25, 0.3) is 0 Å². The highest BCUT2D eigenvalue weighted by Gasteiger charge is 2.64. The molecule has 1 N–H and O–H groups in total. The minimum atomic E-state index is -3.69. The van der Waals surface area contributed by atoms with E-state index in [4.69, 9.17) is 14.5 Å². The number of carbonyl (C=O) groups excluding carboxylic acids is 1. The van der Waals surface area contributed by atoms with Crippen LogP contribution in [0.5, 0.6) is 5.88 Å². The number of hydrogen-bond donors (Lipinski definition) is 1. The van der Waals surface area contributed by atoms with E-state index < -0.39 is 37.1 Å². The van der Waals surface area contributed by atoms with E-state index in [2.05, 4.69) is 26.2 Å². The molecule has 164 valence electrons. The predicted octanol–water partition coefficient (Wildman–Crippen LogP) is 3.48. The van der Waals surface area contributed by atoms with Gasteiger partial charge in [0.05, 0.1) is 11.9 Å². The maximum absolute atomic E-state index is 13.9. The number of sulfone groups is 1. The van der Waals surface area contributed by atoms with Gasteiger partial charge in [0, 0.05) is 22.7 Å². The molecule has 8 nitrogen and oxygen atoms in total. The lowest BCUT2D eigenvalue weighted by Gasteiger charge is -2.50. The SMILES string of the molecule is CC(C)(C)OC(=O)NC1=N[C@]2(C)c3cc(Br)cnc3OCC[C@H]2S(=O)(=O)C12CCC2. The van der Waals surface area contributed by atoms with Crippen LogP contribution in [-0.4, -0.2) is 47.5 Å². The summed E-state index contributed by atoms with van der Waals surface area (Å²) >= 11 is 3.42. The Morgan fingerprint density at radius 2 is 2.07 bits per heavy atom. The van der Waals surface area contributed by atoms with Gasteiger partial charge >= 0.3 is 6.09 Å². The Morgan fingerprint density at radius 3 is 2.67 bits per heavy atom. The van der Waals surface area contributed by atoms with Gasteiger partial charge in [-0.25, -0.2) is 18.2 Å². The van der Waals surface area contributed by atoms with Crippen molar-refractivity contribution in [3.05, 3.63) is 22.3 Å². The molecule has 4 rings (SSSR count). The molecule has 1 spiro atoms. The third-order valence-electron chi connectivity index (χ3n) is 6.08. The fourth-order valence-corrected chi connectivity index (χ4v) is 7.80. The summed E-state index contributed by atoms with van der Waals surface area (Å²) in [6, 6.07) is 1.80. The van der Waals surface area contributed by atoms with Crippen molar-refractivity contribution in [2.24, 2.45) is 4.99 Å². The first kappa shape index (κ1) is 21.5. The Balaban J connectivity index is 1.88. The Bertz CT molecular complexity index is 1030. The fraction of sp³-hybridized carbons (Fsp3) is 0.650. The average molecular weight is 500 g/mol. The number of carbonyl (C=O) groups is 1. The summed E-state index contributed by atoms with van der Waals surface area (Å²) in [5.41, 5.74) is -1.28. The lowest BCUT2D eigenvalue weighted by molar-refractivity contribution is 0.0558. The van der Waals surface area contributed by atoms with Crippen LogP contribution in [0.15, 0.2) is 21.7 Å². The van der Waals surface area contributed by atoms with E-state index in [0.717, 1.165) is 6.42 Å². The van der Waals surface area contributed by atoms with Gasteiger partial charge in [-0.1, -0.05) is 0 Å². The van der Waals surface area contributed by atoms with Crippen molar-refractivity contribution < 1.29 is 22.7 Å². The number of aromatic nitrogens is 1. The summed E-state index contributed by atoms with van der Waals surface area (Å²) in [7, 11) is -3.69. The second-order valence-corrected chi connectivity index (χ2v) is 12.6. The second-order valence-electron chi connectivity index (χ2n) is 9.26. The molecule has 1 fully saturated rings. The van der Waals surface area contributed by atoms with E-state index in [-0.39, 0.29) is 12.4 Å². The summed E-state index contributed by atoms with van der Waals surface area (Å²) in [5.74, 6) is 0.526. The maximum atomic E-state index is 13.9. The van der Waals surface area contributed by atoms with Gasteiger partial charge in [0.15, 0.2) is 9.84 Å². The lowest BCUT2D eigenvalue weighted by Crippen LogP contribution is -2.67. The molecule has 10 heteroatoms. The van der Waals surface area contributed by atoms with E-state index in [0.29, 0.717) is 35.2 Å². The number of aliphatic imine (C=N–C) groups is 1. The van der Waals surface area contributed by atoms with Gasteiger partial charge < -0.3 is 9.47 Å². The number of halogens is 1. The topological polar surface area (TPSA) is 107 Å². The zero-order chi connectivity index (χ0) is 21.9. The molecule has 1 aromatic rings. The van der Waals surface area contributed by atoms with Crippen LogP contribution >= 0.6 is 15.9 Å². The molecular weight excluding hydrogens is 474 g/mol. The smallest absolute Gasteiger partial charge is 0.413 e. The van der Waals surface area contributed by atoms with Crippen LogP contribution in [0.4, 0.5) is 4.79 Å². The standard InChI is InChI=1S/C20H26BrN3O5S/c1-18(2,3)29-17(25)23-16-20(7-5-8-20)30(26,27)14-6-9-28-15-13(19(14,4)24-16)10-12(21)11-22-15/h10-11,14H,5-9H2,1-4H3,(H,23,24,25)/t14-,19-/m1/s1. The molecule has 1 aliphatic carbocycles. The van der Waals surface area contributed by atoms with Crippen molar-refractivity contribution in [1.82, 2.24) is 10.3 Å². The summed E-state index contributed by atoms with van der Waals surface area (Å²) in [6.45, 7) is 7.28. The van der Waals surface area contributed by atoms with Gasteiger partial charge in [0.1, 0.15) is 21.7 Å². The highest BCUT2D eigenvalue weighted by Crippen LogP contribution is 2.53. The number of amidine groups is 1. The zero-order valence-electron chi connectivity index (χ0n) is 17.5. The Labute approximate surface area is 184 Å². The molecule has 30 heavy (non-hydrogen) atoms. The van der Waals surface area contributed by atoms with Gasteiger partial charge in [-0.2, -0.15) is 0 Å². The number of nitrogens with zero attached hydrogens (tertiary/aromatic N) is 2. The molecule has 0 radical (unpaired) electrons. The maximum Gasteiger partial charge on any atom is 0.413 e. The summed E-state index contributed by atoms with van der Waals surface area (Å²) in [4.78, 5) is 21.8. The summed E-state index contributed by atoms with van der Waals surface area (Å²) in [6.07, 6.45) is 2.83.